The van der Waals surface area contributed by atoms with Gasteiger partial charge >= 0.3 is 5.97 Å². The zero-order valence-corrected chi connectivity index (χ0v) is 13.9. The van der Waals surface area contributed by atoms with Gasteiger partial charge in [-0.05, 0) is 32.4 Å². The first-order chi connectivity index (χ1) is 11.3. The number of hydrogen-bond acceptors (Lipinski definition) is 4. The molecule has 128 valence electrons. The molecule has 0 fully saturated rings. The number of para-hydroxylation sites is 1. The summed E-state index contributed by atoms with van der Waals surface area (Å²) in [6.07, 6.45) is 1.52. The van der Waals surface area contributed by atoms with Crippen molar-refractivity contribution in [3.05, 3.63) is 40.4 Å². The van der Waals surface area contributed by atoms with E-state index in [1.54, 1.807) is 19.1 Å². The lowest BCUT2D eigenvalue weighted by Crippen LogP contribution is -2.40. The number of aryl methyl sites for hydroxylation is 2. The number of amides is 1. The van der Waals surface area contributed by atoms with Crippen LogP contribution in [0.5, 0.6) is 0 Å². The third kappa shape index (κ3) is 3.79. The van der Waals surface area contributed by atoms with Gasteiger partial charge in [0, 0.05) is 19.0 Å². The molecule has 0 saturated heterocycles. The predicted molar refractivity (Wildman–Crippen MR) is 89.8 cm³/mol. The second kappa shape index (κ2) is 7.25. The normalized spacial score (nSPS) is 13.5. The standard InChI is InChI=1S/C17H21N3O4/c1-10-5-4-6-13-15(10)18-9-20(16(13)22)8-7-14(21)19-12(3)11(2)17(23)24/h4-6,9,11-12H,7-8H2,1-3H3,(H,19,21)(H,23,24). The molecule has 1 aromatic carbocycles. The maximum absolute atomic E-state index is 12.4. The maximum atomic E-state index is 12.4. The van der Waals surface area contributed by atoms with Gasteiger partial charge in [0.1, 0.15) is 0 Å². The quantitative estimate of drug-likeness (QED) is 0.831. The molecule has 2 N–H and O–H groups in total. The number of aromatic nitrogens is 2. The number of aliphatic carboxylic acids is 1. The van der Waals surface area contributed by atoms with E-state index < -0.39 is 17.9 Å². The summed E-state index contributed by atoms with van der Waals surface area (Å²) in [6, 6.07) is 4.92. The highest BCUT2D eigenvalue weighted by Crippen LogP contribution is 2.11. The number of carbonyl (C=O) groups excluding carboxylic acids is 1. The van der Waals surface area contributed by atoms with Crippen LogP contribution in [0.3, 0.4) is 0 Å². The highest BCUT2D eigenvalue weighted by molar-refractivity contribution is 5.80. The van der Waals surface area contributed by atoms with Crippen LogP contribution in [0.15, 0.2) is 29.3 Å². The third-order valence-corrected chi connectivity index (χ3v) is 4.16. The Labute approximate surface area is 139 Å². The molecule has 0 bridgehead atoms. The van der Waals surface area contributed by atoms with Gasteiger partial charge in [-0.15, -0.1) is 0 Å². The monoisotopic (exact) mass is 331 g/mol. The van der Waals surface area contributed by atoms with Crippen molar-refractivity contribution in [2.75, 3.05) is 0 Å². The second-order valence-electron chi connectivity index (χ2n) is 5.95. The highest BCUT2D eigenvalue weighted by Gasteiger charge is 2.20. The summed E-state index contributed by atoms with van der Waals surface area (Å²) < 4.78 is 1.40. The van der Waals surface area contributed by atoms with Crippen LogP contribution < -0.4 is 10.9 Å². The summed E-state index contributed by atoms with van der Waals surface area (Å²) in [7, 11) is 0. The summed E-state index contributed by atoms with van der Waals surface area (Å²) in [4.78, 5) is 39.5. The molecular formula is C17H21N3O4. The Hall–Kier alpha value is -2.70. The summed E-state index contributed by atoms with van der Waals surface area (Å²) in [5, 5.41) is 12.1. The molecule has 2 atom stereocenters. The van der Waals surface area contributed by atoms with E-state index >= 15 is 0 Å². The Morgan fingerprint density at radius 3 is 2.71 bits per heavy atom. The summed E-state index contributed by atoms with van der Waals surface area (Å²) in [6.45, 7) is 5.25. The lowest BCUT2D eigenvalue weighted by Gasteiger charge is -2.17. The van der Waals surface area contributed by atoms with Gasteiger partial charge in [0.25, 0.3) is 5.56 Å². The fourth-order valence-electron chi connectivity index (χ4n) is 2.38. The van der Waals surface area contributed by atoms with Gasteiger partial charge in [0.15, 0.2) is 0 Å². The minimum Gasteiger partial charge on any atom is -0.481 e. The Morgan fingerprint density at radius 2 is 2.04 bits per heavy atom. The number of nitrogens with zero attached hydrogens (tertiary/aromatic N) is 2. The van der Waals surface area contributed by atoms with Crippen LogP contribution >= 0.6 is 0 Å². The van der Waals surface area contributed by atoms with Gasteiger partial charge in [0.05, 0.1) is 23.1 Å². The number of benzene rings is 1. The number of carboxylic acids is 1. The van der Waals surface area contributed by atoms with Gasteiger partial charge in [0.2, 0.25) is 5.91 Å². The van der Waals surface area contributed by atoms with Crippen molar-refractivity contribution < 1.29 is 14.7 Å². The van der Waals surface area contributed by atoms with E-state index in [2.05, 4.69) is 10.3 Å². The van der Waals surface area contributed by atoms with Crippen molar-refractivity contribution in [2.24, 2.45) is 5.92 Å². The van der Waals surface area contributed by atoms with Gasteiger partial charge in [-0.3, -0.25) is 19.0 Å². The average Bonchev–Trinajstić information content (AvgIpc) is 2.54. The first kappa shape index (κ1) is 17.7. The number of fused-ring (bicyclic) bond motifs is 1. The smallest absolute Gasteiger partial charge is 0.308 e. The largest absolute Gasteiger partial charge is 0.481 e. The predicted octanol–water partition coefficient (Wildman–Crippen LogP) is 1.32. The molecule has 0 spiro atoms. The number of carbonyl (C=O) groups is 2. The van der Waals surface area contributed by atoms with Crippen LogP contribution in [0, 0.1) is 12.8 Å². The molecule has 1 amide bonds. The van der Waals surface area contributed by atoms with E-state index in [-0.39, 0.29) is 24.4 Å². The highest BCUT2D eigenvalue weighted by atomic mass is 16.4. The van der Waals surface area contributed by atoms with Gasteiger partial charge in [-0.1, -0.05) is 12.1 Å². The van der Waals surface area contributed by atoms with Crippen LogP contribution in [0.4, 0.5) is 0 Å². The Kier molecular flexibility index (Phi) is 5.33. The molecule has 24 heavy (non-hydrogen) atoms. The van der Waals surface area contributed by atoms with E-state index in [0.717, 1.165) is 5.56 Å². The van der Waals surface area contributed by atoms with Crippen LogP contribution in [0.25, 0.3) is 10.9 Å². The van der Waals surface area contributed by atoms with Crippen LogP contribution in [-0.2, 0) is 16.1 Å². The molecule has 7 heteroatoms. The fourth-order valence-corrected chi connectivity index (χ4v) is 2.38. The Bertz CT molecular complexity index is 828. The van der Waals surface area contributed by atoms with Crippen LogP contribution in [-0.4, -0.2) is 32.6 Å². The van der Waals surface area contributed by atoms with Crippen molar-refractivity contribution in [1.29, 1.82) is 0 Å². The van der Waals surface area contributed by atoms with Crippen molar-refractivity contribution in [3.8, 4) is 0 Å². The fraction of sp³-hybridized carbons (Fsp3) is 0.412. The van der Waals surface area contributed by atoms with Gasteiger partial charge in [-0.2, -0.15) is 0 Å². The maximum Gasteiger partial charge on any atom is 0.308 e. The minimum atomic E-state index is -0.965. The second-order valence-corrected chi connectivity index (χ2v) is 5.95. The lowest BCUT2D eigenvalue weighted by molar-refractivity contribution is -0.142. The topological polar surface area (TPSA) is 101 Å². The molecule has 0 aliphatic carbocycles. The van der Waals surface area contributed by atoms with E-state index in [4.69, 9.17) is 5.11 Å². The molecule has 0 aliphatic heterocycles. The molecule has 1 heterocycles. The zero-order valence-electron chi connectivity index (χ0n) is 13.9. The Morgan fingerprint density at radius 1 is 1.33 bits per heavy atom. The number of nitrogens with one attached hydrogen (secondary N) is 1. The van der Waals surface area contributed by atoms with Crippen molar-refractivity contribution in [3.63, 3.8) is 0 Å². The molecule has 1 aromatic heterocycles. The van der Waals surface area contributed by atoms with Gasteiger partial charge in [-0.25, -0.2) is 4.98 Å². The Balaban J connectivity index is 2.06. The van der Waals surface area contributed by atoms with E-state index in [9.17, 15) is 14.4 Å². The number of carboxylic acid groups (broad SMARTS) is 1. The molecule has 2 unspecified atom stereocenters. The summed E-state index contributed by atoms with van der Waals surface area (Å²) in [5.41, 5.74) is 1.39. The van der Waals surface area contributed by atoms with Crippen molar-refractivity contribution in [1.82, 2.24) is 14.9 Å². The number of hydrogen-bond donors (Lipinski definition) is 2. The van der Waals surface area contributed by atoms with E-state index in [1.165, 1.54) is 17.8 Å². The van der Waals surface area contributed by atoms with Gasteiger partial charge < -0.3 is 10.4 Å². The average molecular weight is 331 g/mol. The molecule has 2 rings (SSSR count). The first-order valence-corrected chi connectivity index (χ1v) is 7.78. The molecule has 0 aliphatic rings. The molecule has 2 aromatic rings. The lowest BCUT2D eigenvalue weighted by atomic mass is 10.0. The molecule has 0 saturated carbocycles. The molecule has 7 nitrogen and oxygen atoms in total. The first-order valence-electron chi connectivity index (χ1n) is 7.78. The van der Waals surface area contributed by atoms with Crippen molar-refractivity contribution in [2.45, 2.75) is 39.8 Å². The van der Waals surface area contributed by atoms with Crippen LogP contribution in [0.2, 0.25) is 0 Å². The zero-order chi connectivity index (χ0) is 17.9. The third-order valence-electron chi connectivity index (χ3n) is 4.16. The summed E-state index contributed by atoms with van der Waals surface area (Å²) >= 11 is 0. The SMILES string of the molecule is Cc1cccc2c(=O)n(CCC(=O)NC(C)C(C)C(=O)O)cnc12. The molecule has 0 radical (unpaired) electrons. The van der Waals surface area contributed by atoms with E-state index in [0.29, 0.717) is 10.9 Å². The van der Waals surface area contributed by atoms with E-state index in [1.807, 2.05) is 13.0 Å². The number of rotatable bonds is 6. The molecular weight excluding hydrogens is 310 g/mol. The summed E-state index contributed by atoms with van der Waals surface area (Å²) in [5.74, 6) is -1.94. The minimum absolute atomic E-state index is 0.0790. The van der Waals surface area contributed by atoms with Crippen LogP contribution in [0.1, 0.15) is 25.8 Å². The van der Waals surface area contributed by atoms with Crippen molar-refractivity contribution >= 4 is 22.8 Å².